The first-order valence-electron chi connectivity index (χ1n) is 6.92. The van der Waals surface area contributed by atoms with E-state index in [2.05, 4.69) is 17.4 Å². The van der Waals surface area contributed by atoms with Gasteiger partial charge >= 0.3 is 0 Å². The maximum absolute atomic E-state index is 12.2. The lowest BCUT2D eigenvalue weighted by Gasteiger charge is -2.43. The molecule has 6 nitrogen and oxygen atoms in total. The number of hydrogen-bond donors (Lipinski definition) is 3. The van der Waals surface area contributed by atoms with Crippen LogP contribution < -0.4 is 11.1 Å². The summed E-state index contributed by atoms with van der Waals surface area (Å²) in [7, 11) is 0. The molecule has 0 atom stereocenters. The number of nitrogens with two attached hydrogens (primary N) is 1. The minimum atomic E-state index is -0.815. The summed E-state index contributed by atoms with van der Waals surface area (Å²) < 4.78 is 5.45. The van der Waals surface area contributed by atoms with Crippen LogP contribution in [0.1, 0.15) is 32.6 Å². The molecule has 4 N–H and O–H groups in total. The fourth-order valence-corrected chi connectivity index (χ4v) is 2.68. The van der Waals surface area contributed by atoms with Crippen LogP contribution >= 0.6 is 0 Å². The summed E-state index contributed by atoms with van der Waals surface area (Å²) in [5, 5.41) is 14.6. The number of rotatable bonds is 7. The highest BCUT2D eigenvalue weighted by atomic mass is 16.5. The Bertz CT molecular complexity index is 360. The Balaban J connectivity index is 1.73. The number of nitrogens with zero attached hydrogens (tertiary/aromatic N) is 1. The maximum Gasteiger partial charge on any atom is 0.234 e. The van der Waals surface area contributed by atoms with E-state index < -0.39 is 5.41 Å². The zero-order valence-corrected chi connectivity index (χ0v) is 11.4. The van der Waals surface area contributed by atoms with Gasteiger partial charge in [0.15, 0.2) is 5.84 Å². The van der Waals surface area contributed by atoms with Crippen LogP contribution in [-0.4, -0.2) is 36.7 Å². The third-order valence-corrected chi connectivity index (χ3v) is 4.01. The lowest BCUT2D eigenvalue weighted by Crippen LogP contribution is -2.57. The number of carbonyl (C=O) groups is 1. The molecule has 0 aromatic carbocycles. The van der Waals surface area contributed by atoms with Gasteiger partial charge in [0.25, 0.3) is 0 Å². The van der Waals surface area contributed by atoms with Crippen molar-refractivity contribution in [2.24, 2.45) is 28.1 Å². The quantitative estimate of drug-likeness (QED) is 0.208. The van der Waals surface area contributed by atoms with Gasteiger partial charge < -0.3 is 21.0 Å². The molecule has 0 radical (unpaired) electrons. The summed E-state index contributed by atoms with van der Waals surface area (Å²) in [5.74, 6) is 1.02. The molecule has 0 aromatic rings. The Morgan fingerprint density at radius 2 is 2.21 bits per heavy atom. The van der Waals surface area contributed by atoms with Crippen molar-refractivity contribution < 1.29 is 14.7 Å². The third-order valence-electron chi connectivity index (χ3n) is 4.01. The molecule has 0 heterocycles. The SMILES string of the molecule is CC1CC(C(=O)NCCOCC2CC2)(C(N)=NO)C1. The second kappa shape index (κ2) is 5.77. The minimum absolute atomic E-state index is 0.0157. The van der Waals surface area contributed by atoms with Crippen LogP contribution in [0.5, 0.6) is 0 Å². The lowest BCUT2D eigenvalue weighted by atomic mass is 9.61. The van der Waals surface area contributed by atoms with Gasteiger partial charge in [-0.15, -0.1) is 0 Å². The van der Waals surface area contributed by atoms with Gasteiger partial charge in [0.1, 0.15) is 5.41 Å². The van der Waals surface area contributed by atoms with Crippen molar-refractivity contribution in [3.63, 3.8) is 0 Å². The lowest BCUT2D eigenvalue weighted by molar-refractivity contribution is -0.133. The predicted molar refractivity (Wildman–Crippen MR) is 70.8 cm³/mol. The summed E-state index contributed by atoms with van der Waals surface area (Å²) in [5.41, 5.74) is 4.85. The topological polar surface area (TPSA) is 96.9 Å². The minimum Gasteiger partial charge on any atom is -0.409 e. The molecule has 0 bridgehead atoms. The number of hydrogen-bond acceptors (Lipinski definition) is 4. The van der Waals surface area contributed by atoms with Crippen LogP contribution in [0.15, 0.2) is 5.16 Å². The number of amidine groups is 1. The highest BCUT2D eigenvalue weighted by molar-refractivity contribution is 6.07. The van der Waals surface area contributed by atoms with E-state index in [0.717, 1.165) is 12.5 Å². The Labute approximate surface area is 113 Å². The molecule has 0 aliphatic heterocycles. The molecule has 19 heavy (non-hydrogen) atoms. The van der Waals surface area contributed by atoms with Gasteiger partial charge in [-0.2, -0.15) is 0 Å². The molecule has 2 rings (SSSR count). The van der Waals surface area contributed by atoms with Crippen LogP contribution in [0.2, 0.25) is 0 Å². The third kappa shape index (κ3) is 3.18. The number of amides is 1. The molecular formula is C13H23N3O3. The number of nitrogens with one attached hydrogen (secondary N) is 1. The van der Waals surface area contributed by atoms with Gasteiger partial charge in [0.2, 0.25) is 5.91 Å². The average molecular weight is 269 g/mol. The van der Waals surface area contributed by atoms with Crippen molar-refractivity contribution >= 4 is 11.7 Å². The van der Waals surface area contributed by atoms with E-state index in [9.17, 15) is 4.79 Å². The Hall–Kier alpha value is -1.30. The fourth-order valence-electron chi connectivity index (χ4n) is 2.68. The van der Waals surface area contributed by atoms with Crippen LogP contribution in [0.25, 0.3) is 0 Å². The molecule has 0 aromatic heterocycles. The largest absolute Gasteiger partial charge is 0.409 e. The molecule has 0 unspecified atom stereocenters. The number of ether oxygens (including phenoxy) is 1. The molecule has 2 saturated carbocycles. The van der Waals surface area contributed by atoms with Gasteiger partial charge in [-0.25, -0.2) is 0 Å². The standard InChI is InChI=1S/C13H23N3O3/c1-9-6-13(7-9,11(14)16-18)12(17)15-4-5-19-8-10-2-3-10/h9-10,18H,2-8H2,1H3,(H2,14,16)(H,15,17). The van der Waals surface area contributed by atoms with Gasteiger partial charge in [-0.05, 0) is 37.5 Å². The highest BCUT2D eigenvalue weighted by Crippen LogP contribution is 2.45. The van der Waals surface area contributed by atoms with Gasteiger partial charge in [0, 0.05) is 13.2 Å². The molecule has 2 aliphatic carbocycles. The van der Waals surface area contributed by atoms with Crippen LogP contribution in [-0.2, 0) is 9.53 Å². The maximum atomic E-state index is 12.2. The molecule has 108 valence electrons. The first-order chi connectivity index (χ1) is 9.08. The first-order valence-corrected chi connectivity index (χ1v) is 6.92. The summed E-state index contributed by atoms with van der Waals surface area (Å²) in [6.07, 6.45) is 3.79. The van der Waals surface area contributed by atoms with Crippen molar-refractivity contribution in [1.29, 1.82) is 0 Å². The molecule has 0 saturated heterocycles. The van der Waals surface area contributed by atoms with Crippen molar-refractivity contribution in [3.05, 3.63) is 0 Å². The number of oxime groups is 1. The Morgan fingerprint density at radius 3 is 2.74 bits per heavy atom. The van der Waals surface area contributed by atoms with Gasteiger partial charge in [-0.3, -0.25) is 4.79 Å². The average Bonchev–Trinajstić information content (AvgIpc) is 3.17. The number of carbonyl (C=O) groups excluding carboxylic acids is 1. The van der Waals surface area contributed by atoms with E-state index >= 15 is 0 Å². The summed E-state index contributed by atoms with van der Waals surface area (Å²) >= 11 is 0. The van der Waals surface area contributed by atoms with Crippen LogP contribution in [0.4, 0.5) is 0 Å². The van der Waals surface area contributed by atoms with E-state index in [1.807, 2.05) is 0 Å². The van der Waals surface area contributed by atoms with E-state index in [1.54, 1.807) is 0 Å². The molecule has 1 amide bonds. The van der Waals surface area contributed by atoms with Crippen LogP contribution in [0.3, 0.4) is 0 Å². The normalized spacial score (nSPS) is 30.8. The first kappa shape index (κ1) is 14.1. The molecular weight excluding hydrogens is 246 g/mol. The summed E-state index contributed by atoms with van der Waals surface area (Å²) in [4.78, 5) is 12.2. The van der Waals surface area contributed by atoms with Crippen molar-refractivity contribution in [3.8, 4) is 0 Å². The van der Waals surface area contributed by atoms with Gasteiger partial charge in [-0.1, -0.05) is 12.1 Å². The molecule has 2 aliphatic rings. The predicted octanol–water partition coefficient (Wildman–Crippen LogP) is 0.692. The zero-order valence-electron chi connectivity index (χ0n) is 11.4. The van der Waals surface area contributed by atoms with Crippen molar-refractivity contribution in [2.75, 3.05) is 19.8 Å². The second-order valence-electron chi connectivity index (χ2n) is 5.85. The smallest absolute Gasteiger partial charge is 0.234 e. The summed E-state index contributed by atoms with van der Waals surface area (Å²) in [6.45, 7) is 3.83. The molecule has 6 heteroatoms. The molecule has 2 fully saturated rings. The fraction of sp³-hybridized carbons (Fsp3) is 0.846. The Kier molecular flexibility index (Phi) is 4.29. The van der Waals surface area contributed by atoms with Gasteiger partial charge in [0.05, 0.1) is 6.61 Å². The van der Waals surface area contributed by atoms with E-state index in [4.69, 9.17) is 15.7 Å². The molecule has 0 spiro atoms. The highest BCUT2D eigenvalue weighted by Gasteiger charge is 2.52. The Morgan fingerprint density at radius 1 is 1.53 bits per heavy atom. The van der Waals surface area contributed by atoms with Crippen molar-refractivity contribution in [2.45, 2.75) is 32.6 Å². The second-order valence-corrected chi connectivity index (χ2v) is 5.85. The van der Waals surface area contributed by atoms with Crippen molar-refractivity contribution in [1.82, 2.24) is 5.32 Å². The summed E-state index contributed by atoms with van der Waals surface area (Å²) in [6, 6.07) is 0. The monoisotopic (exact) mass is 269 g/mol. The van der Waals surface area contributed by atoms with Crippen LogP contribution in [0, 0.1) is 17.3 Å². The van der Waals surface area contributed by atoms with E-state index in [0.29, 0.717) is 31.9 Å². The van der Waals surface area contributed by atoms with E-state index in [1.165, 1.54) is 12.8 Å². The zero-order chi connectivity index (χ0) is 13.9. The van der Waals surface area contributed by atoms with E-state index in [-0.39, 0.29) is 11.7 Å².